The van der Waals surface area contributed by atoms with Gasteiger partial charge in [0.1, 0.15) is 23.1 Å². The van der Waals surface area contributed by atoms with Gasteiger partial charge in [0.2, 0.25) is 0 Å². The van der Waals surface area contributed by atoms with E-state index in [9.17, 15) is 8.78 Å². The molecule has 3 rings (SSSR count). The Morgan fingerprint density at radius 1 is 1.25 bits per heavy atom. The maximum absolute atomic E-state index is 14.4. The summed E-state index contributed by atoms with van der Waals surface area (Å²) in [6.07, 6.45) is 10.2. The summed E-state index contributed by atoms with van der Waals surface area (Å²) in [5.41, 5.74) is 0.678. The molecule has 1 aliphatic carbocycles. The fraction of sp³-hybridized carbons (Fsp3) is 0.560. The van der Waals surface area contributed by atoms with E-state index in [1.165, 1.54) is 37.5 Å². The molecule has 2 unspecified atom stereocenters. The minimum absolute atomic E-state index is 0.141. The molecule has 32 heavy (non-hydrogen) atoms. The van der Waals surface area contributed by atoms with Crippen LogP contribution in [0.15, 0.2) is 47.4 Å². The second-order valence-electron chi connectivity index (χ2n) is 8.61. The molecule has 1 aromatic carbocycles. The zero-order valence-corrected chi connectivity index (χ0v) is 19.6. The molecule has 2 atom stereocenters. The van der Waals surface area contributed by atoms with Crippen molar-refractivity contribution >= 4 is 11.5 Å². The Labute approximate surface area is 191 Å². The van der Waals surface area contributed by atoms with E-state index < -0.39 is 17.9 Å². The van der Waals surface area contributed by atoms with Crippen molar-refractivity contribution in [2.45, 2.75) is 90.5 Å². The third-order valence-corrected chi connectivity index (χ3v) is 6.29. The van der Waals surface area contributed by atoms with Gasteiger partial charge >= 0.3 is 0 Å². The number of aliphatic imine (C=N–C) groups is 1. The highest BCUT2D eigenvalue weighted by Gasteiger charge is 2.37. The van der Waals surface area contributed by atoms with Crippen LogP contribution in [0.4, 0.5) is 14.5 Å². The molecule has 2 aliphatic rings. The first-order chi connectivity index (χ1) is 15.5. The normalized spacial score (nSPS) is 22.8. The SMILES string of the molecule is C=C(/N=C1\C(=C/C)NC(Nc2c(F)cccc2F)N1C(CC)CCC)NC1CCCCC1. The summed E-state index contributed by atoms with van der Waals surface area (Å²) >= 11 is 0. The van der Waals surface area contributed by atoms with Crippen LogP contribution in [-0.4, -0.2) is 29.1 Å². The van der Waals surface area contributed by atoms with Gasteiger partial charge in [-0.2, -0.15) is 0 Å². The number of hydrogen-bond acceptors (Lipinski definition) is 4. The molecule has 3 N–H and O–H groups in total. The predicted molar refractivity (Wildman–Crippen MR) is 128 cm³/mol. The summed E-state index contributed by atoms with van der Waals surface area (Å²) in [5.74, 6) is 0.134. The van der Waals surface area contributed by atoms with Gasteiger partial charge in [-0.25, -0.2) is 13.8 Å². The largest absolute Gasteiger partial charge is 0.368 e. The van der Waals surface area contributed by atoms with Gasteiger partial charge in [-0.15, -0.1) is 0 Å². The van der Waals surface area contributed by atoms with Crippen molar-refractivity contribution in [3.63, 3.8) is 0 Å². The van der Waals surface area contributed by atoms with E-state index in [0.29, 0.717) is 11.9 Å². The zero-order chi connectivity index (χ0) is 23.1. The first-order valence-corrected chi connectivity index (χ1v) is 11.9. The van der Waals surface area contributed by atoms with Crippen molar-refractivity contribution in [1.82, 2.24) is 15.5 Å². The lowest BCUT2D eigenvalue weighted by Gasteiger charge is -2.34. The number of amidine groups is 1. The summed E-state index contributed by atoms with van der Waals surface area (Å²) in [6.45, 7) is 10.4. The maximum atomic E-state index is 14.4. The van der Waals surface area contributed by atoms with Gasteiger partial charge in [0, 0.05) is 12.1 Å². The zero-order valence-electron chi connectivity index (χ0n) is 19.6. The second kappa shape index (κ2) is 11.3. The Bertz CT molecular complexity index is 824. The first-order valence-electron chi connectivity index (χ1n) is 11.9. The van der Waals surface area contributed by atoms with E-state index in [-0.39, 0.29) is 11.7 Å². The Kier molecular flexibility index (Phi) is 8.53. The number of hydrogen-bond donors (Lipinski definition) is 3. The van der Waals surface area contributed by atoms with Crippen LogP contribution < -0.4 is 16.0 Å². The summed E-state index contributed by atoms with van der Waals surface area (Å²) in [5, 5.41) is 9.89. The highest BCUT2D eigenvalue weighted by Crippen LogP contribution is 2.27. The molecule has 1 aromatic rings. The van der Waals surface area contributed by atoms with Crippen LogP contribution in [0.3, 0.4) is 0 Å². The van der Waals surface area contributed by atoms with Crippen LogP contribution >= 0.6 is 0 Å². The van der Waals surface area contributed by atoms with Gasteiger partial charge < -0.3 is 20.9 Å². The van der Waals surface area contributed by atoms with Crippen molar-refractivity contribution in [3.8, 4) is 0 Å². The number of allylic oxidation sites excluding steroid dienone is 1. The molecule has 1 aliphatic heterocycles. The van der Waals surface area contributed by atoms with E-state index >= 15 is 0 Å². The fourth-order valence-corrected chi connectivity index (χ4v) is 4.65. The molecular formula is C25H37F2N5. The van der Waals surface area contributed by atoms with Gasteiger partial charge in [-0.05, 0) is 44.7 Å². The Morgan fingerprint density at radius 3 is 2.53 bits per heavy atom. The number of halogens is 2. The molecule has 176 valence electrons. The topological polar surface area (TPSA) is 51.7 Å². The van der Waals surface area contributed by atoms with E-state index in [1.54, 1.807) is 0 Å². The minimum atomic E-state index is -0.619. The van der Waals surface area contributed by atoms with Crippen molar-refractivity contribution in [2.24, 2.45) is 4.99 Å². The average molecular weight is 446 g/mol. The van der Waals surface area contributed by atoms with Crippen LogP contribution in [-0.2, 0) is 0 Å². The third-order valence-electron chi connectivity index (χ3n) is 6.29. The Balaban J connectivity index is 1.91. The molecule has 7 heteroatoms. The summed E-state index contributed by atoms with van der Waals surface area (Å²) in [6, 6.07) is 4.44. The van der Waals surface area contributed by atoms with Gasteiger partial charge in [-0.1, -0.05) is 58.3 Å². The molecule has 0 spiro atoms. The van der Waals surface area contributed by atoms with Crippen molar-refractivity contribution in [3.05, 3.63) is 54.0 Å². The Morgan fingerprint density at radius 2 is 1.94 bits per heavy atom. The summed E-state index contributed by atoms with van der Waals surface area (Å²) < 4.78 is 28.8. The molecule has 5 nitrogen and oxygen atoms in total. The first kappa shape index (κ1) is 24.1. The average Bonchev–Trinajstić information content (AvgIpc) is 3.12. The third kappa shape index (κ3) is 5.61. The summed E-state index contributed by atoms with van der Waals surface area (Å²) in [7, 11) is 0. The van der Waals surface area contributed by atoms with Crippen LogP contribution in [0.25, 0.3) is 0 Å². The van der Waals surface area contributed by atoms with E-state index in [4.69, 9.17) is 4.99 Å². The lowest BCUT2D eigenvalue weighted by Crippen LogP contribution is -2.49. The van der Waals surface area contributed by atoms with E-state index in [2.05, 4.69) is 41.3 Å². The molecule has 0 bridgehead atoms. The number of benzene rings is 1. The van der Waals surface area contributed by atoms with Gasteiger partial charge in [0.15, 0.2) is 12.1 Å². The Hall–Kier alpha value is -2.57. The van der Waals surface area contributed by atoms with Crippen LogP contribution in [0, 0.1) is 11.6 Å². The van der Waals surface area contributed by atoms with Crippen LogP contribution in [0.2, 0.25) is 0 Å². The fourth-order valence-electron chi connectivity index (χ4n) is 4.65. The molecule has 1 heterocycles. The van der Waals surface area contributed by atoms with Gasteiger partial charge in [0.25, 0.3) is 0 Å². The molecule has 2 fully saturated rings. The smallest absolute Gasteiger partial charge is 0.178 e. The number of nitrogens with zero attached hydrogens (tertiary/aromatic N) is 2. The number of nitrogens with one attached hydrogen (secondary N) is 3. The molecule has 0 radical (unpaired) electrons. The lowest BCUT2D eigenvalue weighted by molar-refractivity contribution is 0.239. The standard InChI is InChI=1S/C25H37F2N5/c1-5-12-19(6-2)32-24(29-17(4)28-18-13-9-8-10-14-18)22(7-3)30-25(32)31-23-20(26)15-11-16-21(23)27/h7,11,15-16,18-19,25,28,30-31H,4-6,8-10,12-14H2,1-3H3/b22-7+,29-24+. The monoisotopic (exact) mass is 445 g/mol. The van der Waals surface area contributed by atoms with Crippen molar-refractivity contribution in [1.29, 1.82) is 0 Å². The van der Waals surface area contributed by atoms with Crippen molar-refractivity contribution in [2.75, 3.05) is 5.32 Å². The van der Waals surface area contributed by atoms with Crippen LogP contribution in [0.1, 0.15) is 72.1 Å². The van der Waals surface area contributed by atoms with Crippen molar-refractivity contribution < 1.29 is 8.78 Å². The lowest BCUT2D eigenvalue weighted by atomic mass is 9.96. The number of rotatable bonds is 9. The molecule has 0 aromatic heterocycles. The summed E-state index contributed by atoms with van der Waals surface area (Å²) in [4.78, 5) is 6.98. The predicted octanol–water partition coefficient (Wildman–Crippen LogP) is 5.84. The molecule has 0 amide bonds. The number of anilines is 1. The van der Waals surface area contributed by atoms with E-state index in [0.717, 1.165) is 43.6 Å². The molecular weight excluding hydrogens is 408 g/mol. The highest BCUT2D eigenvalue weighted by atomic mass is 19.1. The second-order valence-corrected chi connectivity index (χ2v) is 8.61. The van der Waals surface area contributed by atoms with Crippen LogP contribution in [0.5, 0.6) is 0 Å². The van der Waals surface area contributed by atoms with Gasteiger partial charge in [0.05, 0.1) is 5.70 Å². The van der Waals surface area contributed by atoms with E-state index in [1.807, 2.05) is 13.0 Å². The molecule has 1 saturated heterocycles. The minimum Gasteiger partial charge on any atom is -0.368 e. The molecule has 1 saturated carbocycles. The maximum Gasteiger partial charge on any atom is 0.178 e. The highest BCUT2D eigenvalue weighted by molar-refractivity contribution is 6.01. The number of para-hydroxylation sites is 1. The van der Waals surface area contributed by atoms with Gasteiger partial charge in [-0.3, -0.25) is 0 Å². The quantitative estimate of drug-likeness (QED) is 0.447.